The normalized spacial score (nSPS) is 19.9. The Labute approximate surface area is 176 Å². The van der Waals surface area contributed by atoms with E-state index in [2.05, 4.69) is 105 Å². The molecular weight excluding hydrogens is 356 g/mol. The van der Waals surface area contributed by atoms with E-state index in [0.29, 0.717) is 12.0 Å². The fourth-order valence-corrected chi connectivity index (χ4v) is 4.23. The van der Waals surface area contributed by atoms with Crippen molar-refractivity contribution in [3.8, 4) is 0 Å². The molecule has 1 rings (SSSR count). The standard InChI is InChI=1S/C26H44OSi/c1-21(16-17-24-23(3)15-12-19-26(24,7)8)13-11-14-22(2)18-20-27-28(9,10)25(4,5)6/h11,13-14,16-18H,12,15,19-20H2,1-10H3/b14-11+,17-16+,21-13+,22-18-. The van der Waals surface area contributed by atoms with Crippen LogP contribution in [0, 0.1) is 5.41 Å². The lowest BCUT2D eigenvalue weighted by atomic mass is 9.72. The average Bonchev–Trinajstić information content (AvgIpc) is 2.52. The number of hydrogen-bond acceptors (Lipinski definition) is 1. The summed E-state index contributed by atoms with van der Waals surface area (Å²) in [5.74, 6) is 0. The summed E-state index contributed by atoms with van der Waals surface area (Å²) in [6, 6.07) is 0. The van der Waals surface area contributed by atoms with Crippen molar-refractivity contribution in [1.29, 1.82) is 0 Å². The predicted molar refractivity (Wildman–Crippen MR) is 129 cm³/mol. The molecular formula is C26H44OSi. The van der Waals surface area contributed by atoms with Crippen LogP contribution < -0.4 is 0 Å². The summed E-state index contributed by atoms with van der Waals surface area (Å²) in [7, 11) is -1.66. The summed E-state index contributed by atoms with van der Waals surface area (Å²) < 4.78 is 6.22. The van der Waals surface area contributed by atoms with Gasteiger partial charge in [0.1, 0.15) is 0 Å². The van der Waals surface area contributed by atoms with E-state index in [1.807, 2.05) is 0 Å². The summed E-state index contributed by atoms with van der Waals surface area (Å²) >= 11 is 0. The second kappa shape index (κ2) is 10.1. The Morgan fingerprint density at radius 3 is 2.32 bits per heavy atom. The van der Waals surface area contributed by atoms with Gasteiger partial charge in [0, 0.05) is 0 Å². The van der Waals surface area contributed by atoms with Crippen molar-refractivity contribution in [3.05, 3.63) is 58.7 Å². The molecule has 0 saturated heterocycles. The molecule has 0 amide bonds. The Balaban J connectivity index is 2.66. The number of allylic oxidation sites excluding steroid dienone is 9. The SMILES string of the molecule is CC1=C(/C=C/C(C)=C/C=C/C(C)=C\CO[Si](C)(C)C(C)(C)C)C(C)(C)CCC1. The molecule has 0 heterocycles. The smallest absolute Gasteiger partial charge is 0.192 e. The van der Waals surface area contributed by atoms with Crippen molar-refractivity contribution < 1.29 is 4.43 Å². The summed E-state index contributed by atoms with van der Waals surface area (Å²) in [6.45, 7) is 23.5. The molecule has 1 aliphatic rings. The molecule has 0 saturated carbocycles. The molecule has 0 aromatic heterocycles. The van der Waals surface area contributed by atoms with Crippen LogP contribution in [0.5, 0.6) is 0 Å². The highest BCUT2D eigenvalue weighted by Crippen LogP contribution is 2.40. The second-order valence-electron chi connectivity index (χ2n) is 10.6. The minimum Gasteiger partial charge on any atom is -0.413 e. The van der Waals surface area contributed by atoms with E-state index in [4.69, 9.17) is 4.43 Å². The lowest BCUT2D eigenvalue weighted by molar-refractivity contribution is 0.327. The Morgan fingerprint density at radius 1 is 1.11 bits per heavy atom. The molecule has 1 aliphatic carbocycles. The Morgan fingerprint density at radius 2 is 1.75 bits per heavy atom. The molecule has 0 fully saturated rings. The maximum Gasteiger partial charge on any atom is 0.192 e. The van der Waals surface area contributed by atoms with E-state index in [0.717, 1.165) is 0 Å². The summed E-state index contributed by atoms with van der Waals surface area (Å²) in [4.78, 5) is 0. The van der Waals surface area contributed by atoms with Crippen LogP contribution in [0.1, 0.15) is 74.7 Å². The van der Waals surface area contributed by atoms with Gasteiger partial charge in [0.25, 0.3) is 0 Å². The van der Waals surface area contributed by atoms with Crippen LogP contribution in [-0.2, 0) is 4.43 Å². The van der Waals surface area contributed by atoms with Crippen LogP contribution in [0.4, 0.5) is 0 Å². The van der Waals surface area contributed by atoms with Gasteiger partial charge in [-0.25, -0.2) is 0 Å². The largest absolute Gasteiger partial charge is 0.413 e. The summed E-state index contributed by atoms with van der Waals surface area (Å²) in [5, 5.41) is 0.261. The quantitative estimate of drug-likeness (QED) is 0.307. The topological polar surface area (TPSA) is 9.23 Å². The van der Waals surface area contributed by atoms with Gasteiger partial charge in [0.15, 0.2) is 8.32 Å². The third kappa shape index (κ3) is 7.71. The molecule has 28 heavy (non-hydrogen) atoms. The van der Waals surface area contributed by atoms with Crippen LogP contribution in [0.15, 0.2) is 58.7 Å². The van der Waals surface area contributed by atoms with Gasteiger partial charge in [-0.05, 0) is 69.2 Å². The molecule has 0 aromatic rings. The highest BCUT2D eigenvalue weighted by molar-refractivity contribution is 6.74. The van der Waals surface area contributed by atoms with Crippen molar-refractivity contribution >= 4 is 8.32 Å². The minimum atomic E-state index is -1.66. The van der Waals surface area contributed by atoms with Gasteiger partial charge in [-0.1, -0.05) is 87.8 Å². The lowest BCUT2D eigenvalue weighted by Crippen LogP contribution is -2.40. The highest BCUT2D eigenvalue weighted by atomic mass is 28.4. The molecule has 0 aromatic carbocycles. The first kappa shape index (κ1) is 24.9. The molecule has 0 unspecified atom stereocenters. The van der Waals surface area contributed by atoms with Crippen molar-refractivity contribution in [2.24, 2.45) is 5.41 Å². The van der Waals surface area contributed by atoms with Gasteiger partial charge in [-0.3, -0.25) is 0 Å². The zero-order valence-electron chi connectivity index (χ0n) is 20.2. The molecule has 0 N–H and O–H groups in total. The Kier molecular flexibility index (Phi) is 8.96. The Hall–Kier alpha value is -1.12. The zero-order valence-corrected chi connectivity index (χ0v) is 21.2. The van der Waals surface area contributed by atoms with E-state index >= 15 is 0 Å². The van der Waals surface area contributed by atoms with Crippen molar-refractivity contribution in [2.45, 2.75) is 92.8 Å². The molecule has 2 heteroatoms. The van der Waals surface area contributed by atoms with Crippen LogP contribution in [0.25, 0.3) is 0 Å². The molecule has 0 bridgehead atoms. The summed E-state index contributed by atoms with van der Waals surface area (Å²) in [5.41, 5.74) is 5.91. The average molecular weight is 401 g/mol. The van der Waals surface area contributed by atoms with Crippen LogP contribution >= 0.6 is 0 Å². The third-order valence-electron chi connectivity index (χ3n) is 6.43. The maximum absolute atomic E-state index is 6.22. The van der Waals surface area contributed by atoms with E-state index in [1.165, 1.54) is 36.0 Å². The first-order chi connectivity index (χ1) is 12.8. The first-order valence-electron chi connectivity index (χ1n) is 10.8. The molecule has 0 atom stereocenters. The Bertz CT molecular complexity index is 676. The fraction of sp³-hybridized carbons (Fsp3) is 0.615. The van der Waals surface area contributed by atoms with E-state index in [9.17, 15) is 0 Å². The lowest BCUT2D eigenvalue weighted by Gasteiger charge is -2.35. The van der Waals surface area contributed by atoms with E-state index < -0.39 is 8.32 Å². The van der Waals surface area contributed by atoms with Crippen molar-refractivity contribution in [3.63, 3.8) is 0 Å². The van der Waals surface area contributed by atoms with E-state index in [-0.39, 0.29) is 5.04 Å². The van der Waals surface area contributed by atoms with Gasteiger partial charge in [0.2, 0.25) is 0 Å². The minimum absolute atomic E-state index is 0.261. The van der Waals surface area contributed by atoms with Gasteiger partial charge in [0.05, 0.1) is 6.61 Å². The molecule has 0 aliphatic heterocycles. The summed E-state index contributed by atoms with van der Waals surface area (Å²) in [6.07, 6.45) is 17.1. The third-order valence-corrected chi connectivity index (χ3v) is 10.9. The first-order valence-corrected chi connectivity index (χ1v) is 13.7. The van der Waals surface area contributed by atoms with Crippen molar-refractivity contribution in [2.75, 3.05) is 6.61 Å². The van der Waals surface area contributed by atoms with Gasteiger partial charge in [-0.15, -0.1) is 0 Å². The number of hydrogen-bond donors (Lipinski definition) is 0. The van der Waals surface area contributed by atoms with Gasteiger partial charge < -0.3 is 4.43 Å². The van der Waals surface area contributed by atoms with Crippen LogP contribution in [-0.4, -0.2) is 14.9 Å². The van der Waals surface area contributed by atoms with Gasteiger partial charge >= 0.3 is 0 Å². The fourth-order valence-electron chi connectivity index (χ4n) is 3.30. The van der Waals surface area contributed by atoms with E-state index in [1.54, 1.807) is 5.57 Å². The van der Waals surface area contributed by atoms with Crippen LogP contribution in [0.3, 0.4) is 0 Å². The molecule has 158 valence electrons. The molecule has 0 spiro atoms. The van der Waals surface area contributed by atoms with Crippen LogP contribution in [0.2, 0.25) is 18.1 Å². The number of rotatable bonds is 7. The predicted octanol–water partition coefficient (Wildman–Crippen LogP) is 8.54. The monoisotopic (exact) mass is 400 g/mol. The maximum atomic E-state index is 6.22. The van der Waals surface area contributed by atoms with Crippen molar-refractivity contribution in [1.82, 2.24) is 0 Å². The highest BCUT2D eigenvalue weighted by Gasteiger charge is 2.36. The van der Waals surface area contributed by atoms with Gasteiger partial charge in [-0.2, -0.15) is 0 Å². The zero-order chi connectivity index (χ0) is 21.6. The molecule has 1 nitrogen and oxygen atoms in total. The molecule has 0 radical (unpaired) electrons. The second-order valence-corrected chi connectivity index (χ2v) is 15.4.